The molecule has 0 aliphatic carbocycles. The molecular formula is C23H26FN5O. The van der Waals surface area contributed by atoms with Crippen LogP contribution in [0, 0.1) is 5.82 Å². The molecule has 3 heterocycles. The summed E-state index contributed by atoms with van der Waals surface area (Å²) in [4.78, 5) is 20.6. The van der Waals surface area contributed by atoms with Gasteiger partial charge < -0.3 is 9.88 Å². The van der Waals surface area contributed by atoms with Gasteiger partial charge in [0.2, 0.25) is 0 Å². The minimum absolute atomic E-state index is 0.0987. The van der Waals surface area contributed by atoms with E-state index in [1.54, 1.807) is 0 Å². The maximum absolute atomic E-state index is 13.2. The van der Waals surface area contributed by atoms with Gasteiger partial charge in [0, 0.05) is 54.9 Å². The SMILES string of the molecule is O=C(c1ccc2[nH]ccc2c1)N1CCCN(C2CC(c3ccc(F)cc3)NN2)CC1. The van der Waals surface area contributed by atoms with Gasteiger partial charge in [-0.05, 0) is 54.8 Å². The van der Waals surface area contributed by atoms with Crippen molar-refractivity contribution in [3.8, 4) is 0 Å². The van der Waals surface area contributed by atoms with Crippen LogP contribution in [0.15, 0.2) is 54.7 Å². The highest BCUT2D eigenvalue weighted by Gasteiger charge is 2.31. The molecule has 30 heavy (non-hydrogen) atoms. The molecule has 2 aliphatic rings. The van der Waals surface area contributed by atoms with Gasteiger partial charge in [-0.15, -0.1) is 0 Å². The van der Waals surface area contributed by atoms with Crippen molar-refractivity contribution in [1.29, 1.82) is 0 Å². The van der Waals surface area contributed by atoms with Gasteiger partial charge in [0.25, 0.3) is 5.91 Å². The molecule has 2 saturated heterocycles. The summed E-state index contributed by atoms with van der Waals surface area (Å²) >= 11 is 0. The lowest BCUT2D eigenvalue weighted by molar-refractivity contribution is 0.0756. The molecule has 2 fully saturated rings. The number of amides is 1. The number of halogens is 1. The number of aromatic amines is 1. The van der Waals surface area contributed by atoms with Crippen LogP contribution in [0.5, 0.6) is 0 Å². The Labute approximate surface area is 175 Å². The van der Waals surface area contributed by atoms with Gasteiger partial charge in [0.05, 0.1) is 6.17 Å². The van der Waals surface area contributed by atoms with Crippen LogP contribution in [-0.2, 0) is 0 Å². The first-order valence-electron chi connectivity index (χ1n) is 10.5. The third-order valence-electron chi connectivity index (χ3n) is 6.21. The van der Waals surface area contributed by atoms with Crippen LogP contribution in [0.25, 0.3) is 10.9 Å². The van der Waals surface area contributed by atoms with Crippen molar-refractivity contribution in [3.05, 3.63) is 71.7 Å². The van der Waals surface area contributed by atoms with Crippen LogP contribution in [-0.4, -0.2) is 53.0 Å². The quantitative estimate of drug-likeness (QED) is 0.625. The third kappa shape index (κ3) is 3.84. The van der Waals surface area contributed by atoms with E-state index in [4.69, 9.17) is 0 Å². The molecule has 1 amide bonds. The molecule has 6 nitrogen and oxygen atoms in total. The number of nitrogens with zero attached hydrogens (tertiary/aromatic N) is 2. The predicted molar refractivity (Wildman–Crippen MR) is 114 cm³/mol. The molecule has 156 valence electrons. The van der Waals surface area contributed by atoms with Gasteiger partial charge in [-0.25, -0.2) is 15.2 Å². The maximum atomic E-state index is 13.2. The Bertz CT molecular complexity index is 1030. The number of hydrogen-bond donors (Lipinski definition) is 3. The Morgan fingerprint density at radius 2 is 1.83 bits per heavy atom. The fourth-order valence-electron chi connectivity index (χ4n) is 4.51. The lowest BCUT2D eigenvalue weighted by atomic mass is 10.0. The maximum Gasteiger partial charge on any atom is 0.253 e. The van der Waals surface area contributed by atoms with Crippen molar-refractivity contribution in [2.24, 2.45) is 0 Å². The predicted octanol–water partition coefficient (Wildman–Crippen LogP) is 3.02. The minimum Gasteiger partial charge on any atom is -0.361 e. The van der Waals surface area contributed by atoms with Gasteiger partial charge in [-0.1, -0.05) is 12.1 Å². The minimum atomic E-state index is -0.214. The highest BCUT2D eigenvalue weighted by atomic mass is 19.1. The normalized spacial score (nSPS) is 23.0. The van der Waals surface area contributed by atoms with E-state index < -0.39 is 0 Å². The van der Waals surface area contributed by atoms with Gasteiger partial charge >= 0.3 is 0 Å². The fraction of sp³-hybridized carbons (Fsp3) is 0.348. The second kappa shape index (κ2) is 8.18. The second-order valence-corrected chi connectivity index (χ2v) is 8.11. The molecule has 0 bridgehead atoms. The number of fused-ring (bicyclic) bond motifs is 1. The van der Waals surface area contributed by atoms with Crippen LogP contribution in [0.4, 0.5) is 4.39 Å². The summed E-state index contributed by atoms with van der Waals surface area (Å²) in [6, 6.07) is 14.7. The Morgan fingerprint density at radius 1 is 0.967 bits per heavy atom. The zero-order valence-corrected chi connectivity index (χ0v) is 16.8. The molecule has 2 atom stereocenters. The van der Waals surface area contributed by atoms with Crippen molar-refractivity contribution in [1.82, 2.24) is 25.6 Å². The molecule has 0 radical (unpaired) electrons. The Kier molecular flexibility index (Phi) is 5.25. The zero-order chi connectivity index (χ0) is 20.5. The first-order valence-corrected chi connectivity index (χ1v) is 10.5. The first kappa shape index (κ1) is 19.2. The first-order chi connectivity index (χ1) is 14.7. The second-order valence-electron chi connectivity index (χ2n) is 8.11. The van der Waals surface area contributed by atoms with Crippen molar-refractivity contribution >= 4 is 16.8 Å². The molecule has 5 rings (SSSR count). The summed E-state index contributed by atoms with van der Waals surface area (Å²) in [6.45, 7) is 3.25. The van der Waals surface area contributed by atoms with E-state index >= 15 is 0 Å². The monoisotopic (exact) mass is 407 g/mol. The Morgan fingerprint density at radius 3 is 2.70 bits per heavy atom. The average molecular weight is 407 g/mol. The van der Waals surface area contributed by atoms with Gasteiger partial charge in [-0.3, -0.25) is 9.69 Å². The fourth-order valence-corrected chi connectivity index (χ4v) is 4.51. The topological polar surface area (TPSA) is 63.4 Å². The van der Waals surface area contributed by atoms with E-state index in [9.17, 15) is 9.18 Å². The number of carbonyl (C=O) groups excluding carboxylic acids is 1. The number of H-pyrrole nitrogens is 1. The average Bonchev–Trinajstić information content (AvgIpc) is 3.38. The number of carbonyl (C=O) groups is 1. The van der Waals surface area contributed by atoms with Crippen molar-refractivity contribution in [2.75, 3.05) is 26.2 Å². The largest absolute Gasteiger partial charge is 0.361 e. The van der Waals surface area contributed by atoms with E-state index in [-0.39, 0.29) is 23.9 Å². The summed E-state index contributed by atoms with van der Waals surface area (Å²) in [6.07, 6.45) is 3.94. The van der Waals surface area contributed by atoms with E-state index in [0.29, 0.717) is 6.54 Å². The molecule has 2 aromatic carbocycles. The zero-order valence-electron chi connectivity index (χ0n) is 16.8. The summed E-state index contributed by atoms with van der Waals surface area (Å²) in [5, 5.41) is 1.06. The summed E-state index contributed by atoms with van der Waals surface area (Å²) in [5.41, 5.74) is 9.59. The van der Waals surface area contributed by atoms with Gasteiger partial charge in [-0.2, -0.15) is 0 Å². The smallest absolute Gasteiger partial charge is 0.253 e. The van der Waals surface area contributed by atoms with Crippen molar-refractivity contribution in [3.63, 3.8) is 0 Å². The highest BCUT2D eigenvalue weighted by Crippen LogP contribution is 2.25. The van der Waals surface area contributed by atoms with Crippen LogP contribution in [0.1, 0.15) is 34.8 Å². The molecule has 0 spiro atoms. The molecule has 0 saturated carbocycles. The lowest BCUT2D eigenvalue weighted by Crippen LogP contribution is -2.46. The molecule has 2 unspecified atom stereocenters. The van der Waals surface area contributed by atoms with E-state index in [1.165, 1.54) is 12.1 Å². The molecule has 1 aromatic heterocycles. The molecular weight excluding hydrogens is 381 g/mol. The number of nitrogens with one attached hydrogen (secondary N) is 3. The summed E-state index contributed by atoms with van der Waals surface area (Å²) in [5.74, 6) is -0.115. The van der Waals surface area contributed by atoms with E-state index in [1.807, 2.05) is 47.5 Å². The molecule has 3 aromatic rings. The van der Waals surface area contributed by atoms with Gasteiger partial charge in [0.1, 0.15) is 5.82 Å². The van der Waals surface area contributed by atoms with Crippen molar-refractivity contribution in [2.45, 2.75) is 25.0 Å². The number of hydrazine groups is 1. The van der Waals surface area contributed by atoms with Crippen LogP contribution >= 0.6 is 0 Å². The molecule has 3 N–H and O–H groups in total. The molecule has 7 heteroatoms. The van der Waals surface area contributed by atoms with Crippen molar-refractivity contribution < 1.29 is 9.18 Å². The Hall–Kier alpha value is -2.74. The lowest BCUT2D eigenvalue weighted by Gasteiger charge is -2.27. The van der Waals surface area contributed by atoms with E-state index in [2.05, 4.69) is 20.7 Å². The number of rotatable bonds is 3. The molecule has 2 aliphatic heterocycles. The van der Waals surface area contributed by atoms with Gasteiger partial charge in [0.15, 0.2) is 0 Å². The Balaban J connectivity index is 1.21. The number of hydrogen-bond acceptors (Lipinski definition) is 4. The number of aromatic nitrogens is 1. The standard InChI is InChI=1S/C23H26FN5O/c24-19-5-2-16(3-6-19)21-15-22(27-26-21)28-10-1-11-29(13-12-28)23(30)18-4-7-20-17(14-18)8-9-25-20/h2-9,14,21-22,25-27H,1,10-13,15H2. The van der Waals surface area contributed by atoms with Crippen LogP contribution < -0.4 is 10.9 Å². The number of benzene rings is 2. The summed E-state index contributed by atoms with van der Waals surface area (Å²) in [7, 11) is 0. The van der Waals surface area contributed by atoms with Crippen LogP contribution in [0.2, 0.25) is 0 Å². The summed E-state index contributed by atoms with van der Waals surface area (Å²) < 4.78 is 13.2. The highest BCUT2D eigenvalue weighted by molar-refractivity contribution is 5.98. The third-order valence-corrected chi connectivity index (χ3v) is 6.21. The van der Waals surface area contributed by atoms with Crippen LogP contribution in [0.3, 0.4) is 0 Å². The van der Waals surface area contributed by atoms with E-state index in [0.717, 1.165) is 54.5 Å².